The summed E-state index contributed by atoms with van der Waals surface area (Å²) in [5, 5.41) is 0. The first kappa shape index (κ1) is 18.4. The highest BCUT2D eigenvalue weighted by Crippen LogP contribution is 2.33. The van der Waals surface area contributed by atoms with E-state index in [1.807, 2.05) is 43.3 Å². The number of sulfonamides is 1. The molecule has 0 aromatic heterocycles. The molecule has 0 unspecified atom stereocenters. The maximum atomic E-state index is 13.1. The van der Waals surface area contributed by atoms with Crippen LogP contribution in [0.5, 0.6) is 0 Å². The van der Waals surface area contributed by atoms with Gasteiger partial charge in [0.2, 0.25) is 10.0 Å². The van der Waals surface area contributed by atoms with Crippen molar-refractivity contribution >= 4 is 16.1 Å². The Balaban J connectivity index is 1.69. The minimum absolute atomic E-state index is 0.0421. The first-order valence-electron chi connectivity index (χ1n) is 9.65. The van der Waals surface area contributed by atoms with Crippen molar-refractivity contribution in [2.75, 3.05) is 13.1 Å². The van der Waals surface area contributed by atoms with Crippen molar-refractivity contribution in [2.24, 2.45) is 0 Å². The zero-order valence-corrected chi connectivity index (χ0v) is 16.5. The second kappa shape index (κ2) is 7.58. The molecule has 0 saturated carbocycles. The molecule has 142 valence electrons. The monoisotopic (exact) mass is 382 g/mol. The van der Waals surface area contributed by atoms with Crippen molar-refractivity contribution in [2.45, 2.75) is 43.2 Å². The highest BCUT2D eigenvalue weighted by molar-refractivity contribution is 7.89. The minimum Gasteiger partial charge on any atom is -0.295 e. The molecule has 27 heavy (non-hydrogen) atoms. The summed E-state index contributed by atoms with van der Waals surface area (Å²) in [6.07, 6.45) is 7.89. The van der Waals surface area contributed by atoms with Gasteiger partial charge < -0.3 is 0 Å². The van der Waals surface area contributed by atoms with Crippen LogP contribution in [-0.4, -0.2) is 32.4 Å². The van der Waals surface area contributed by atoms with Crippen LogP contribution in [0.25, 0.3) is 6.08 Å². The topological polar surface area (TPSA) is 49.4 Å². The number of likely N-dealkylation sites (tertiary alicyclic amines) is 1. The minimum atomic E-state index is -3.60. The van der Waals surface area contributed by atoms with Gasteiger partial charge in [0.25, 0.3) is 0 Å². The van der Waals surface area contributed by atoms with E-state index in [9.17, 15) is 8.42 Å². The van der Waals surface area contributed by atoms with E-state index >= 15 is 0 Å². The SMILES string of the molecule is Cc1ccc(S(=O)(=O)N[C@@H]2c3ccccc3C=C[C@H]2N2CCCCC2)cc1. The van der Waals surface area contributed by atoms with Crippen LogP contribution in [0.4, 0.5) is 0 Å². The molecule has 2 atom stereocenters. The van der Waals surface area contributed by atoms with E-state index in [2.05, 4.69) is 21.8 Å². The van der Waals surface area contributed by atoms with Gasteiger partial charge in [-0.3, -0.25) is 4.90 Å². The molecular weight excluding hydrogens is 356 g/mol. The second-order valence-electron chi connectivity index (χ2n) is 7.49. The molecule has 1 aliphatic carbocycles. The summed E-state index contributed by atoms with van der Waals surface area (Å²) in [5.41, 5.74) is 3.18. The van der Waals surface area contributed by atoms with Crippen molar-refractivity contribution in [3.63, 3.8) is 0 Å². The number of nitrogens with one attached hydrogen (secondary N) is 1. The molecule has 4 nitrogen and oxygen atoms in total. The van der Waals surface area contributed by atoms with Gasteiger partial charge in [-0.05, 0) is 56.1 Å². The lowest BCUT2D eigenvalue weighted by Gasteiger charge is -2.40. The van der Waals surface area contributed by atoms with E-state index in [1.165, 1.54) is 19.3 Å². The number of benzene rings is 2. The molecule has 2 aromatic rings. The first-order chi connectivity index (χ1) is 13.0. The largest absolute Gasteiger partial charge is 0.295 e. The van der Waals surface area contributed by atoms with Gasteiger partial charge >= 0.3 is 0 Å². The molecule has 0 amide bonds. The predicted molar refractivity (Wildman–Crippen MR) is 109 cm³/mol. The molecule has 5 heteroatoms. The summed E-state index contributed by atoms with van der Waals surface area (Å²) in [6, 6.07) is 14.9. The standard InChI is InChI=1S/C22H26N2O2S/c1-17-9-12-19(13-10-17)27(25,26)23-22-20-8-4-3-7-18(20)11-14-21(22)24-15-5-2-6-16-24/h3-4,7-14,21-23H,2,5-6,15-16H2,1H3/t21-,22-/m1/s1. The smallest absolute Gasteiger partial charge is 0.241 e. The predicted octanol–water partition coefficient (Wildman–Crippen LogP) is 3.90. The Kier molecular flexibility index (Phi) is 5.17. The van der Waals surface area contributed by atoms with Crippen LogP contribution in [0.3, 0.4) is 0 Å². The molecule has 0 spiro atoms. The van der Waals surface area contributed by atoms with Gasteiger partial charge in [0.1, 0.15) is 0 Å². The summed E-state index contributed by atoms with van der Waals surface area (Å²) in [7, 11) is -3.60. The van der Waals surface area contributed by atoms with E-state index in [1.54, 1.807) is 12.1 Å². The third-order valence-electron chi connectivity index (χ3n) is 5.57. The van der Waals surface area contributed by atoms with E-state index in [0.29, 0.717) is 4.90 Å². The van der Waals surface area contributed by atoms with Gasteiger partial charge in [0, 0.05) is 6.04 Å². The van der Waals surface area contributed by atoms with E-state index < -0.39 is 10.0 Å². The van der Waals surface area contributed by atoms with Gasteiger partial charge in [-0.2, -0.15) is 0 Å². The second-order valence-corrected chi connectivity index (χ2v) is 9.20. The number of aryl methyl sites for hydroxylation is 1. The molecular formula is C22H26N2O2S. The van der Waals surface area contributed by atoms with E-state index in [-0.39, 0.29) is 12.1 Å². The fourth-order valence-corrected chi connectivity index (χ4v) is 5.31. The molecule has 4 rings (SSSR count). The van der Waals surface area contributed by atoms with Gasteiger partial charge in [-0.1, -0.05) is 60.5 Å². The van der Waals surface area contributed by atoms with Crippen LogP contribution in [0.15, 0.2) is 59.5 Å². The summed E-state index contributed by atoms with van der Waals surface area (Å²) in [6.45, 7) is 3.98. The zero-order chi connectivity index (χ0) is 18.9. The van der Waals surface area contributed by atoms with Crippen LogP contribution in [0.2, 0.25) is 0 Å². The Morgan fingerprint density at radius 3 is 2.41 bits per heavy atom. The quantitative estimate of drug-likeness (QED) is 0.873. The van der Waals surface area contributed by atoms with Crippen molar-refractivity contribution in [1.29, 1.82) is 0 Å². The average molecular weight is 383 g/mol. The van der Waals surface area contributed by atoms with Gasteiger partial charge in [0.05, 0.1) is 10.9 Å². The average Bonchev–Trinajstić information content (AvgIpc) is 2.69. The Morgan fingerprint density at radius 1 is 0.963 bits per heavy atom. The molecule has 2 aromatic carbocycles. The zero-order valence-electron chi connectivity index (χ0n) is 15.6. The lowest BCUT2D eigenvalue weighted by Crippen LogP contribution is -2.48. The molecule has 1 N–H and O–H groups in total. The van der Waals surface area contributed by atoms with Crippen molar-refractivity contribution in [3.8, 4) is 0 Å². The molecule has 0 radical (unpaired) electrons. The van der Waals surface area contributed by atoms with Crippen molar-refractivity contribution < 1.29 is 8.42 Å². The number of piperidine rings is 1. The Bertz CT molecular complexity index is 929. The van der Waals surface area contributed by atoms with Gasteiger partial charge in [-0.15, -0.1) is 0 Å². The van der Waals surface area contributed by atoms with E-state index in [0.717, 1.165) is 29.8 Å². The Hall–Kier alpha value is -1.95. The van der Waals surface area contributed by atoms with Crippen LogP contribution in [0, 0.1) is 6.92 Å². The van der Waals surface area contributed by atoms with Crippen LogP contribution in [-0.2, 0) is 10.0 Å². The van der Waals surface area contributed by atoms with Gasteiger partial charge in [0.15, 0.2) is 0 Å². The molecule has 1 heterocycles. The van der Waals surface area contributed by atoms with Crippen LogP contribution < -0.4 is 4.72 Å². The summed E-state index contributed by atoms with van der Waals surface area (Å²) in [5.74, 6) is 0. The maximum Gasteiger partial charge on any atom is 0.241 e. The third-order valence-corrected chi connectivity index (χ3v) is 7.03. The van der Waals surface area contributed by atoms with Crippen LogP contribution in [0.1, 0.15) is 42.0 Å². The van der Waals surface area contributed by atoms with Crippen molar-refractivity contribution in [1.82, 2.24) is 9.62 Å². The number of fused-ring (bicyclic) bond motifs is 1. The van der Waals surface area contributed by atoms with E-state index in [4.69, 9.17) is 0 Å². The number of rotatable bonds is 4. The summed E-state index contributed by atoms with van der Waals surface area (Å²) in [4.78, 5) is 2.73. The molecule has 2 aliphatic rings. The Morgan fingerprint density at radius 2 is 1.67 bits per heavy atom. The summed E-state index contributed by atoms with van der Waals surface area (Å²) < 4.78 is 29.2. The molecule has 1 aliphatic heterocycles. The van der Waals surface area contributed by atoms with Crippen LogP contribution >= 0.6 is 0 Å². The first-order valence-corrected chi connectivity index (χ1v) is 11.1. The third kappa shape index (κ3) is 3.86. The number of hydrogen-bond donors (Lipinski definition) is 1. The fourth-order valence-electron chi connectivity index (χ4n) is 4.08. The molecule has 1 saturated heterocycles. The lowest BCUT2D eigenvalue weighted by atomic mass is 9.88. The Labute approximate surface area is 162 Å². The lowest BCUT2D eigenvalue weighted by molar-refractivity contribution is 0.166. The fraction of sp³-hybridized carbons (Fsp3) is 0.364. The number of hydrogen-bond acceptors (Lipinski definition) is 3. The molecule has 0 bridgehead atoms. The molecule has 1 fully saturated rings. The van der Waals surface area contributed by atoms with Gasteiger partial charge in [-0.25, -0.2) is 13.1 Å². The highest BCUT2D eigenvalue weighted by Gasteiger charge is 2.34. The number of nitrogens with zero attached hydrogens (tertiary/aromatic N) is 1. The van der Waals surface area contributed by atoms with Crippen molar-refractivity contribution in [3.05, 3.63) is 71.3 Å². The normalized spacial score (nSPS) is 23.1. The summed E-state index contributed by atoms with van der Waals surface area (Å²) >= 11 is 0. The maximum absolute atomic E-state index is 13.1. The highest BCUT2D eigenvalue weighted by atomic mass is 32.2.